The van der Waals surface area contributed by atoms with Gasteiger partial charge < -0.3 is 19.9 Å². The van der Waals surface area contributed by atoms with Crippen molar-refractivity contribution in [1.82, 2.24) is 14.9 Å². The standard InChI is InChI=1S/C26H31N5O2/c1-18-7-5-10-24(19(18)2)30-11-13-31(14-12-30)25(32)23-17-28-26(29-20(23)3)27-16-21-8-6-9-22(15-21)33-4/h5-10,15,17H,11-14,16H2,1-4H3,(H,27,28,29). The number of hydrogen-bond acceptors (Lipinski definition) is 6. The smallest absolute Gasteiger partial charge is 0.257 e. The Kier molecular flexibility index (Phi) is 6.77. The molecule has 4 rings (SSSR count). The van der Waals surface area contributed by atoms with Crippen LogP contribution in [0.5, 0.6) is 5.75 Å². The highest BCUT2D eigenvalue weighted by Crippen LogP contribution is 2.24. The minimum atomic E-state index is -0.00698. The van der Waals surface area contributed by atoms with Crippen LogP contribution < -0.4 is 15.0 Å². The Hall–Kier alpha value is -3.61. The Morgan fingerprint density at radius 3 is 2.55 bits per heavy atom. The molecule has 1 saturated heterocycles. The molecule has 1 aromatic heterocycles. The van der Waals surface area contributed by atoms with Gasteiger partial charge in [0.05, 0.1) is 18.4 Å². The van der Waals surface area contributed by atoms with Gasteiger partial charge in [0, 0.05) is 44.6 Å². The van der Waals surface area contributed by atoms with E-state index in [4.69, 9.17) is 4.74 Å². The van der Waals surface area contributed by atoms with Crippen LogP contribution in [0.2, 0.25) is 0 Å². The number of ether oxygens (including phenoxy) is 1. The largest absolute Gasteiger partial charge is 0.497 e. The summed E-state index contributed by atoms with van der Waals surface area (Å²) in [6, 6.07) is 14.2. The van der Waals surface area contributed by atoms with E-state index >= 15 is 0 Å². The van der Waals surface area contributed by atoms with E-state index in [0.29, 0.717) is 36.8 Å². The lowest BCUT2D eigenvalue weighted by molar-refractivity contribution is 0.0745. The molecule has 2 heterocycles. The van der Waals surface area contributed by atoms with Crippen molar-refractivity contribution >= 4 is 17.5 Å². The summed E-state index contributed by atoms with van der Waals surface area (Å²) in [5.41, 5.74) is 6.16. The fourth-order valence-corrected chi connectivity index (χ4v) is 4.12. The first kappa shape index (κ1) is 22.6. The van der Waals surface area contributed by atoms with Gasteiger partial charge in [-0.2, -0.15) is 0 Å². The second-order valence-corrected chi connectivity index (χ2v) is 8.40. The van der Waals surface area contributed by atoms with Crippen molar-refractivity contribution in [2.24, 2.45) is 0 Å². The summed E-state index contributed by atoms with van der Waals surface area (Å²) in [7, 11) is 1.65. The number of aromatic nitrogens is 2. The molecule has 7 nitrogen and oxygen atoms in total. The van der Waals surface area contributed by atoms with E-state index in [1.165, 1.54) is 16.8 Å². The van der Waals surface area contributed by atoms with E-state index in [1.807, 2.05) is 36.1 Å². The van der Waals surface area contributed by atoms with Gasteiger partial charge in [-0.1, -0.05) is 24.3 Å². The summed E-state index contributed by atoms with van der Waals surface area (Å²) in [6.45, 7) is 9.72. The summed E-state index contributed by atoms with van der Waals surface area (Å²) in [5, 5.41) is 3.22. The van der Waals surface area contributed by atoms with Gasteiger partial charge in [-0.25, -0.2) is 9.97 Å². The molecule has 0 aliphatic carbocycles. The Balaban J connectivity index is 1.37. The van der Waals surface area contributed by atoms with Crippen LogP contribution >= 0.6 is 0 Å². The molecule has 33 heavy (non-hydrogen) atoms. The van der Waals surface area contributed by atoms with Gasteiger partial charge in [0.15, 0.2) is 0 Å². The Labute approximate surface area is 195 Å². The number of nitrogens with zero attached hydrogens (tertiary/aromatic N) is 4. The van der Waals surface area contributed by atoms with Crippen molar-refractivity contribution in [3.8, 4) is 5.75 Å². The normalized spacial score (nSPS) is 13.7. The molecule has 0 atom stereocenters. The van der Waals surface area contributed by atoms with Gasteiger partial charge in [0.1, 0.15) is 5.75 Å². The van der Waals surface area contributed by atoms with Gasteiger partial charge >= 0.3 is 0 Å². The average Bonchev–Trinajstić information content (AvgIpc) is 2.84. The minimum absolute atomic E-state index is 0.00698. The van der Waals surface area contributed by atoms with Crippen LogP contribution in [0, 0.1) is 20.8 Å². The molecule has 0 saturated carbocycles. The number of hydrogen-bond donors (Lipinski definition) is 1. The predicted octanol–water partition coefficient (Wildman–Crippen LogP) is 3.98. The molecule has 1 N–H and O–H groups in total. The predicted molar refractivity (Wildman–Crippen MR) is 131 cm³/mol. The topological polar surface area (TPSA) is 70.6 Å². The van der Waals surface area contributed by atoms with Crippen LogP contribution in [0.1, 0.15) is 32.7 Å². The maximum atomic E-state index is 13.1. The molecule has 0 spiro atoms. The first-order chi connectivity index (χ1) is 16.0. The van der Waals surface area contributed by atoms with Gasteiger partial charge in [0.25, 0.3) is 5.91 Å². The van der Waals surface area contributed by atoms with E-state index < -0.39 is 0 Å². The number of piperazine rings is 1. The molecule has 7 heteroatoms. The summed E-state index contributed by atoms with van der Waals surface area (Å²) < 4.78 is 5.26. The molecule has 2 aromatic carbocycles. The molecular formula is C26H31N5O2. The minimum Gasteiger partial charge on any atom is -0.497 e. The summed E-state index contributed by atoms with van der Waals surface area (Å²) in [6.07, 6.45) is 1.63. The molecule has 172 valence electrons. The number of amides is 1. The molecule has 1 aliphatic heterocycles. The van der Waals surface area contributed by atoms with Crippen molar-refractivity contribution in [2.75, 3.05) is 43.5 Å². The average molecular weight is 446 g/mol. The number of methoxy groups -OCH3 is 1. The van der Waals surface area contributed by atoms with Gasteiger partial charge in [0.2, 0.25) is 5.95 Å². The number of aryl methyl sites for hydroxylation is 2. The third-order valence-electron chi connectivity index (χ3n) is 6.28. The second-order valence-electron chi connectivity index (χ2n) is 8.40. The number of rotatable bonds is 6. The van der Waals surface area contributed by atoms with Crippen LogP contribution in [0.4, 0.5) is 11.6 Å². The van der Waals surface area contributed by atoms with Crippen molar-refractivity contribution in [1.29, 1.82) is 0 Å². The van der Waals surface area contributed by atoms with Crippen molar-refractivity contribution < 1.29 is 9.53 Å². The molecule has 1 aliphatic rings. The number of anilines is 2. The van der Waals surface area contributed by atoms with Crippen LogP contribution in [0.3, 0.4) is 0 Å². The lowest BCUT2D eigenvalue weighted by atomic mass is 10.1. The molecule has 0 bridgehead atoms. The molecule has 1 fully saturated rings. The number of benzene rings is 2. The monoisotopic (exact) mass is 445 g/mol. The van der Waals surface area contributed by atoms with Gasteiger partial charge in [-0.15, -0.1) is 0 Å². The Morgan fingerprint density at radius 2 is 1.82 bits per heavy atom. The Bertz CT molecular complexity index is 1140. The Morgan fingerprint density at radius 1 is 1.06 bits per heavy atom. The molecule has 0 unspecified atom stereocenters. The van der Waals surface area contributed by atoms with Gasteiger partial charge in [-0.05, 0) is 55.7 Å². The van der Waals surface area contributed by atoms with E-state index in [0.717, 1.165) is 24.4 Å². The summed E-state index contributed by atoms with van der Waals surface area (Å²) >= 11 is 0. The fourth-order valence-electron chi connectivity index (χ4n) is 4.12. The van der Waals surface area contributed by atoms with E-state index in [1.54, 1.807) is 13.3 Å². The van der Waals surface area contributed by atoms with Gasteiger partial charge in [-0.3, -0.25) is 4.79 Å². The van der Waals surface area contributed by atoms with E-state index in [2.05, 4.69) is 52.2 Å². The van der Waals surface area contributed by atoms with Crippen LogP contribution in [0.25, 0.3) is 0 Å². The van der Waals surface area contributed by atoms with Crippen LogP contribution in [0.15, 0.2) is 48.7 Å². The van der Waals surface area contributed by atoms with Crippen LogP contribution in [-0.4, -0.2) is 54.1 Å². The van der Waals surface area contributed by atoms with Crippen molar-refractivity contribution in [3.63, 3.8) is 0 Å². The SMILES string of the molecule is COc1cccc(CNc2ncc(C(=O)N3CCN(c4cccc(C)c4C)CC3)c(C)n2)c1. The van der Waals surface area contributed by atoms with Crippen molar-refractivity contribution in [3.05, 3.63) is 76.6 Å². The molecular weight excluding hydrogens is 414 g/mol. The highest BCUT2D eigenvalue weighted by Gasteiger charge is 2.25. The first-order valence-corrected chi connectivity index (χ1v) is 11.3. The summed E-state index contributed by atoms with van der Waals surface area (Å²) in [4.78, 5) is 26.3. The zero-order valence-electron chi connectivity index (χ0n) is 19.8. The third-order valence-corrected chi connectivity index (χ3v) is 6.28. The van der Waals surface area contributed by atoms with Crippen LogP contribution in [-0.2, 0) is 6.54 Å². The maximum absolute atomic E-state index is 13.1. The first-order valence-electron chi connectivity index (χ1n) is 11.3. The maximum Gasteiger partial charge on any atom is 0.257 e. The van der Waals surface area contributed by atoms with E-state index in [9.17, 15) is 4.79 Å². The lowest BCUT2D eigenvalue weighted by Crippen LogP contribution is -2.49. The quantitative estimate of drug-likeness (QED) is 0.619. The molecule has 3 aromatic rings. The third kappa shape index (κ3) is 5.08. The highest BCUT2D eigenvalue weighted by molar-refractivity contribution is 5.95. The fraction of sp³-hybridized carbons (Fsp3) is 0.346. The summed E-state index contributed by atoms with van der Waals surface area (Å²) in [5.74, 6) is 1.31. The van der Waals surface area contributed by atoms with Crippen molar-refractivity contribution in [2.45, 2.75) is 27.3 Å². The number of nitrogens with one attached hydrogen (secondary N) is 1. The zero-order chi connectivity index (χ0) is 23.4. The van der Waals surface area contributed by atoms with E-state index in [-0.39, 0.29) is 5.91 Å². The zero-order valence-corrected chi connectivity index (χ0v) is 19.8. The molecule has 1 amide bonds. The lowest BCUT2D eigenvalue weighted by Gasteiger charge is -2.37. The second kappa shape index (κ2) is 9.90. The molecule has 0 radical (unpaired) electrons. The highest BCUT2D eigenvalue weighted by atomic mass is 16.5. The number of carbonyl (C=O) groups is 1. The number of carbonyl (C=O) groups excluding carboxylic acids is 1.